The summed E-state index contributed by atoms with van der Waals surface area (Å²) in [5.41, 5.74) is 0.548. The van der Waals surface area contributed by atoms with Gasteiger partial charge in [0.15, 0.2) is 0 Å². The van der Waals surface area contributed by atoms with Gasteiger partial charge in [0.2, 0.25) is 11.8 Å². The molecule has 5 rings (SSSR count). The molecule has 3 aliphatic rings. The summed E-state index contributed by atoms with van der Waals surface area (Å²) >= 11 is 0. The molecule has 9 nitrogen and oxygen atoms in total. The van der Waals surface area contributed by atoms with Crippen molar-refractivity contribution in [1.82, 2.24) is 4.90 Å². The van der Waals surface area contributed by atoms with E-state index in [0.29, 0.717) is 45.2 Å². The summed E-state index contributed by atoms with van der Waals surface area (Å²) in [5, 5.41) is 9.32. The molecule has 2 bridgehead atoms. The molecule has 2 aromatic carbocycles. The van der Waals surface area contributed by atoms with Gasteiger partial charge in [-0.15, -0.1) is 13.2 Å². The molecule has 3 saturated heterocycles. The van der Waals surface area contributed by atoms with Gasteiger partial charge in [0.1, 0.15) is 11.6 Å². The van der Waals surface area contributed by atoms with E-state index in [-0.39, 0.29) is 30.9 Å². The number of fused-ring (bicyclic) bond motifs is 1. The smallest absolute Gasteiger partial charge is 0.253 e. The molecule has 0 aromatic heterocycles. The van der Waals surface area contributed by atoms with Crippen LogP contribution in [0, 0.1) is 11.8 Å². The Balaban J connectivity index is 1.56. The summed E-state index contributed by atoms with van der Waals surface area (Å²) in [6.45, 7) is 16.9. The lowest BCUT2D eigenvalue weighted by Crippen LogP contribution is -2.56. The molecule has 0 aliphatic carbocycles. The molecule has 49 heavy (non-hydrogen) atoms. The van der Waals surface area contributed by atoms with Gasteiger partial charge in [-0.3, -0.25) is 14.4 Å². The van der Waals surface area contributed by atoms with Gasteiger partial charge < -0.3 is 29.4 Å². The van der Waals surface area contributed by atoms with E-state index in [2.05, 4.69) is 31.9 Å². The number of hydrogen-bond acceptors (Lipinski definition) is 6. The average Bonchev–Trinajstić information content (AvgIpc) is 3.73. The van der Waals surface area contributed by atoms with Crippen LogP contribution in [-0.4, -0.2) is 84.3 Å². The van der Waals surface area contributed by atoms with Crippen molar-refractivity contribution in [3.8, 4) is 0 Å². The second kappa shape index (κ2) is 15.7. The fourth-order valence-electron chi connectivity index (χ4n) is 8.62. The summed E-state index contributed by atoms with van der Waals surface area (Å²) in [5.74, 6) is -2.09. The number of rotatable bonds is 18. The van der Waals surface area contributed by atoms with Gasteiger partial charge in [-0.1, -0.05) is 50.1 Å². The normalized spacial score (nSPS) is 25.3. The number of carbonyl (C=O) groups excluding carboxylic acids is 3. The molecule has 0 saturated carbocycles. The quantitative estimate of drug-likeness (QED) is 0.155. The Hall–Kier alpha value is -3.95. The fourth-order valence-corrected chi connectivity index (χ4v) is 8.62. The van der Waals surface area contributed by atoms with Gasteiger partial charge >= 0.3 is 0 Å². The van der Waals surface area contributed by atoms with E-state index in [4.69, 9.17) is 4.74 Å². The van der Waals surface area contributed by atoms with Crippen molar-refractivity contribution < 1.29 is 24.2 Å². The summed E-state index contributed by atoms with van der Waals surface area (Å²) in [6.07, 6.45) is 8.10. The van der Waals surface area contributed by atoms with Crippen molar-refractivity contribution in [3.05, 3.63) is 79.9 Å². The zero-order chi connectivity index (χ0) is 35.2. The highest BCUT2D eigenvalue weighted by atomic mass is 16.5. The van der Waals surface area contributed by atoms with Crippen LogP contribution in [-0.2, 0) is 19.1 Å². The lowest BCUT2D eigenvalue weighted by atomic mass is 9.64. The van der Waals surface area contributed by atoms with Gasteiger partial charge in [0.05, 0.1) is 17.4 Å². The predicted octanol–water partition coefficient (Wildman–Crippen LogP) is 5.98. The maximum atomic E-state index is 15.1. The van der Waals surface area contributed by atoms with Crippen molar-refractivity contribution in [2.24, 2.45) is 11.8 Å². The number of unbranched alkanes of at least 4 members (excludes halogenated alkanes) is 3. The number of hydrogen-bond donors (Lipinski definition) is 1. The molecule has 3 aliphatic heterocycles. The molecule has 1 N–H and O–H groups in total. The Morgan fingerprint density at radius 3 is 2.04 bits per heavy atom. The van der Waals surface area contributed by atoms with E-state index in [0.717, 1.165) is 43.0 Å². The monoisotopic (exact) mass is 670 g/mol. The number of ether oxygens (including phenoxy) is 1. The minimum Gasteiger partial charge on any atom is -0.396 e. The maximum Gasteiger partial charge on any atom is 0.253 e. The van der Waals surface area contributed by atoms with Crippen molar-refractivity contribution in [2.45, 2.75) is 83.0 Å². The van der Waals surface area contributed by atoms with Gasteiger partial charge in [0, 0.05) is 56.4 Å². The van der Waals surface area contributed by atoms with E-state index in [1.54, 1.807) is 26.9 Å². The first kappa shape index (κ1) is 36.3. The number of benzene rings is 2. The molecule has 3 amide bonds. The number of aliphatic hydroxyl groups excluding tert-OH is 1. The molecule has 5 atom stereocenters. The van der Waals surface area contributed by atoms with E-state index in [1.165, 1.54) is 0 Å². The molecule has 2 unspecified atom stereocenters. The third-order valence-corrected chi connectivity index (χ3v) is 11.0. The third kappa shape index (κ3) is 6.55. The zero-order valence-corrected chi connectivity index (χ0v) is 29.6. The number of anilines is 3. The van der Waals surface area contributed by atoms with Gasteiger partial charge in [-0.25, -0.2) is 0 Å². The Morgan fingerprint density at radius 1 is 0.857 bits per heavy atom. The molecular weight excluding hydrogens is 616 g/mol. The maximum absolute atomic E-state index is 15.1. The Bertz CT molecular complexity index is 1480. The SMILES string of the molecule is C=CCN(C(=O)C1N(CCCCCCO)C(=O)[C@@H]2[C@H](C(=O)N(CC=C)c3ccccc3)[C@]3(CC)CCC12O3)c1ccc(N(CC)CC)cc1. The topological polar surface area (TPSA) is 93.6 Å². The predicted molar refractivity (Wildman–Crippen MR) is 196 cm³/mol. The van der Waals surface area contributed by atoms with Crippen LogP contribution in [0.15, 0.2) is 79.9 Å². The van der Waals surface area contributed by atoms with E-state index in [1.807, 2.05) is 61.5 Å². The highest BCUT2D eigenvalue weighted by Gasteiger charge is 2.79. The van der Waals surface area contributed by atoms with E-state index in [9.17, 15) is 14.7 Å². The van der Waals surface area contributed by atoms with Crippen molar-refractivity contribution in [2.75, 3.05) is 54.0 Å². The molecule has 0 radical (unpaired) electrons. The molecule has 2 aromatic rings. The van der Waals surface area contributed by atoms with Crippen LogP contribution >= 0.6 is 0 Å². The average molecular weight is 671 g/mol. The van der Waals surface area contributed by atoms with E-state index >= 15 is 4.79 Å². The van der Waals surface area contributed by atoms with Crippen molar-refractivity contribution in [3.63, 3.8) is 0 Å². The van der Waals surface area contributed by atoms with Crippen LogP contribution in [0.3, 0.4) is 0 Å². The fraction of sp³-hybridized carbons (Fsp3) is 0.525. The highest BCUT2D eigenvalue weighted by molar-refractivity contribution is 6.07. The second-order valence-electron chi connectivity index (χ2n) is 13.5. The van der Waals surface area contributed by atoms with Crippen LogP contribution < -0.4 is 14.7 Å². The molecule has 9 heteroatoms. The second-order valence-corrected chi connectivity index (χ2v) is 13.5. The van der Waals surface area contributed by atoms with Gasteiger partial charge in [-0.2, -0.15) is 0 Å². The van der Waals surface area contributed by atoms with Crippen LogP contribution in [0.25, 0.3) is 0 Å². The van der Waals surface area contributed by atoms with E-state index < -0.39 is 29.1 Å². The minimum absolute atomic E-state index is 0.123. The summed E-state index contributed by atoms with van der Waals surface area (Å²) in [6, 6.07) is 16.6. The Kier molecular flexibility index (Phi) is 11.7. The highest BCUT2D eigenvalue weighted by Crippen LogP contribution is 2.65. The summed E-state index contributed by atoms with van der Waals surface area (Å²) in [7, 11) is 0. The first-order chi connectivity index (χ1) is 23.8. The lowest BCUT2D eigenvalue weighted by Gasteiger charge is -2.37. The number of para-hydroxylation sites is 1. The summed E-state index contributed by atoms with van der Waals surface area (Å²) in [4.78, 5) is 52.0. The number of carbonyl (C=O) groups is 3. The molecular formula is C40H54N4O5. The first-order valence-corrected chi connectivity index (χ1v) is 18.1. The van der Waals surface area contributed by atoms with Crippen LogP contribution in [0.2, 0.25) is 0 Å². The number of amides is 3. The standard InChI is InChI=1S/C40H54N4O5/c1-6-26-42(31-18-14-13-15-19-31)36(46)33-34-37(47)44(28-16-11-12-17-29-45)35(40(34)25-24-39(33,8-3)49-40)38(48)43(27-7-2)32-22-20-30(21-23-32)41(9-4)10-5/h6-7,13-15,18-23,33-35,45H,1-2,8-12,16-17,24-29H2,3-5H3/t33-,34+,35?,39+,40?/m1/s1. The molecule has 3 heterocycles. The number of nitrogens with zero attached hydrogens (tertiary/aromatic N) is 4. The lowest BCUT2D eigenvalue weighted by molar-refractivity contribution is -0.146. The third-order valence-electron chi connectivity index (χ3n) is 11.0. The molecule has 1 spiro atoms. The molecule has 264 valence electrons. The Morgan fingerprint density at radius 2 is 1.45 bits per heavy atom. The first-order valence-electron chi connectivity index (χ1n) is 18.1. The van der Waals surface area contributed by atoms with Gasteiger partial charge in [-0.05, 0) is 82.3 Å². The number of aliphatic hydroxyl groups is 1. The Labute approximate surface area is 292 Å². The number of likely N-dealkylation sites (tertiary alicyclic amines) is 1. The van der Waals surface area contributed by atoms with Gasteiger partial charge in [0.25, 0.3) is 5.91 Å². The van der Waals surface area contributed by atoms with Crippen LogP contribution in [0.1, 0.15) is 65.7 Å². The zero-order valence-electron chi connectivity index (χ0n) is 29.6. The van der Waals surface area contributed by atoms with Crippen LogP contribution in [0.5, 0.6) is 0 Å². The minimum atomic E-state index is -1.13. The van der Waals surface area contributed by atoms with Crippen molar-refractivity contribution in [1.29, 1.82) is 0 Å². The van der Waals surface area contributed by atoms with Crippen LogP contribution in [0.4, 0.5) is 17.1 Å². The largest absolute Gasteiger partial charge is 0.396 e. The summed E-state index contributed by atoms with van der Waals surface area (Å²) < 4.78 is 7.09. The molecule has 3 fully saturated rings. The van der Waals surface area contributed by atoms with Crippen molar-refractivity contribution >= 4 is 34.8 Å².